The fourth-order valence-corrected chi connectivity index (χ4v) is 3.19. The van der Waals surface area contributed by atoms with Crippen LogP contribution < -0.4 is 5.32 Å². The molecule has 1 amide bonds. The van der Waals surface area contributed by atoms with Gasteiger partial charge in [0.1, 0.15) is 5.82 Å². The summed E-state index contributed by atoms with van der Waals surface area (Å²) >= 11 is 1.19. The summed E-state index contributed by atoms with van der Waals surface area (Å²) in [6.07, 6.45) is 3.36. The Labute approximate surface area is 161 Å². The van der Waals surface area contributed by atoms with Gasteiger partial charge in [-0.2, -0.15) is 4.68 Å². The van der Waals surface area contributed by atoms with Crippen molar-refractivity contribution in [3.05, 3.63) is 59.9 Å². The van der Waals surface area contributed by atoms with Crippen molar-refractivity contribution in [2.24, 2.45) is 0 Å². The zero-order valence-electron chi connectivity index (χ0n) is 14.9. The van der Waals surface area contributed by atoms with Crippen molar-refractivity contribution < 1.29 is 9.18 Å². The van der Waals surface area contributed by atoms with E-state index in [1.165, 1.54) is 29.5 Å². The third-order valence-corrected chi connectivity index (χ3v) is 4.84. The molecule has 0 unspecified atom stereocenters. The molecular formula is C19H20FN5OS. The van der Waals surface area contributed by atoms with Crippen LogP contribution in [0.2, 0.25) is 0 Å². The number of hydrogen-bond donors (Lipinski definition) is 1. The molecule has 3 aromatic rings. The predicted octanol–water partition coefficient (Wildman–Crippen LogP) is 3.87. The second-order valence-electron chi connectivity index (χ2n) is 5.96. The lowest BCUT2D eigenvalue weighted by atomic mass is 10.1. The van der Waals surface area contributed by atoms with Crippen LogP contribution in [0.3, 0.4) is 0 Å². The zero-order valence-corrected chi connectivity index (χ0v) is 15.7. The van der Waals surface area contributed by atoms with Crippen molar-refractivity contribution in [2.75, 3.05) is 11.1 Å². The number of nitrogens with zero attached hydrogens (tertiary/aromatic N) is 4. The van der Waals surface area contributed by atoms with Crippen molar-refractivity contribution in [3.63, 3.8) is 0 Å². The molecule has 8 heteroatoms. The first-order valence-corrected chi connectivity index (χ1v) is 9.71. The molecular weight excluding hydrogens is 365 g/mol. The van der Waals surface area contributed by atoms with Gasteiger partial charge in [-0.3, -0.25) is 4.79 Å². The van der Waals surface area contributed by atoms with Crippen LogP contribution in [0.25, 0.3) is 5.69 Å². The van der Waals surface area contributed by atoms with Crippen molar-refractivity contribution >= 4 is 23.4 Å². The topological polar surface area (TPSA) is 72.7 Å². The molecule has 0 bridgehead atoms. The van der Waals surface area contributed by atoms with Crippen LogP contribution in [0.1, 0.15) is 25.3 Å². The average Bonchev–Trinajstić information content (AvgIpc) is 3.15. The quantitative estimate of drug-likeness (QED) is 0.596. The van der Waals surface area contributed by atoms with Gasteiger partial charge in [0.05, 0.1) is 17.1 Å². The summed E-state index contributed by atoms with van der Waals surface area (Å²) in [5, 5.41) is 14.7. The van der Waals surface area contributed by atoms with Crippen LogP contribution >= 0.6 is 11.8 Å². The number of benzene rings is 2. The van der Waals surface area contributed by atoms with E-state index >= 15 is 0 Å². The minimum absolute atomic E-state index is 0.0727. The van der Waals surface area contributed by atoms with E-state index < -0.39 is 5.82 Å². The summed E-state index contributed by atoms with van der Waals surface area (Å²) in [4.78, 5) is 12.1. The summed E-state index contributed by atoms with van der Waals surface area (Å²) in [6.45, 7) is 2.17. The van der Waals surface area contributed by atoms with Crippen LogP contribution in [0, 0.1) is 5.82 Å². The second-order valence-corrected chi connectivity index (χ2v) is 6.90. The number of carbonyl (C=O) groups excluding carboxylic acids is 1. The third kappa shape index (κ3) is 5.13. The number of rotatable bonds is 8. The smallest absolute Gasteiger partial charge is 0.234 e. The summed E-state index contributed by atoms with van der Waals surface area (Å²) in [5.41, 5.74) is 2.26. The molecule has 0 aliphatic rings. The highest BCUT2D eigenvalue weighted by Crippen LogP contribution is 2.20. The minimum atomic E-state index is -0.469. The van der Waals surface area contributed by atoms with E-state index in [2.05, 4.69) is 39.9 Å². The van der Waals surface area contributed by atoms with Gasteiger partial charge in [0, 0.05) is 0 Å². The number of aromatic nitrogens is 4. The van der Waals surface area contributed by atoms with Gasteiger partial charge in [-0.1, -0.05) is 49.4 Å². The highest BCUT2D eigenvalue weighted by Gasteiger charge is 2.13. The number of halogens is 1. The Morgan fingerprint density at radius 1 is 1.19 bits per heavy atom. The first kappa shape index (κ1) is 19.0. The molecule has 0 spiro atoms. The van der Waals surface area contributed by atoms with E-state index in [4.69, 9.17) is 0 Å². The Hall–Kier alpha value is -2.74. The second kappa shape index (κ2) is 9.27. The molecule has 0 aliphatic carbocycles. The van der Waals surface area contributed by atoms with Crippen molar-refractivity contribution in [2.45, 2.75) is 31.3 Å². The zero-order chi connectivity index (χ0) is 19.1. The van der Waals surface area contributed by atoms with E-state index in [1.807, 2.05) is 12.1 Å². The first-order chi connectivity index (χ1) is 13.2. The van der Waals surface area contributed by atoms with Gasteiger partial charge >= 0.3 is 0 Å². The Morgan fingerprint density at radius 2 is 1.96 bits per heavy atom. The molecule has 3 rings (SSSR count). The van der Waals surface area contributed by atoms with Gasteiger partial charge in [0.15, 0.2) is 0 Å². The Morgan fingerprint density at radius 3 is 2.70 bits per heavy atom. The number of tetrazole rings is 1. The van der Waals surface area contributed by atoms with Crippen LogP contribution in [-0.2, 0) is 11.2 Å². The largest absolute Gasteiger partial charge is 0.323 e. The number of hydrogen-bond acceptors (Lipinski definition) is 5. The number of aryl methyl sites for hydroxylation is 1. The number of thioether (sulfide) groups is 1. The number of amides is 1. The standard InChI is InChI=1S/C19H20FN5OS/c1-2-3-6-14-9-11-15(12-10-14)25-19(22-23-24-25)27-13-18(26)21-17-8-5-4-7-16(17)20/h4-5,7-12H,2-3,6,13H2,1H3,(H,21,26). The minimum Gasteiger partial charge on any atom is -0.323 e. The Bertz CT molecular complexity index is 897. The number of unbranched alkanes of at least 4 members (excludes halogenated alkanes) is 1. The van der Waals surface area contributed by atoms with Gasteiger partial charge in [0.25, 0.3) is 0 Å². The van der Waals surface area contributed by atoms with Crippen molar-refractivity contribution in [3.8, 4) is 5.69 Å². The monoisotopic (exact) mass is 385 g/mol. The normalized spacial score (nSPS) is 10.7. The summed E-state index contributed by atoms with van der Waals surface area (Å²) < 4.78 is 15.2. The molecule has 0 saturated carbocycles. The molecule has 27 heavy (non-hydrogen) atoms. The van der Waals surface area contributed by atoms with Crippen LogP contribution in [0.15, 0.2) is 53.7 Å². The van der Waals surface area contributed by atoms with Gasteiger partial charge in [-0.05, 0) is 53.1 Å². The predicted molar refractivity (Wildman–Crippen MR) is 104 cm³/mol. The van der Waals surface area contributed by atoms with Crippen molar-refractivity contribution in [1.29, 1.82) is 0 Å². The van der Waals surface area contributed by atoms with E-state index in [0.29, 0.717) is 5.16 Å². The highest BCUT2D eigenvalue weighted by molar-refractivity contribution is 7.99. The average molecular weight is 385 g/mol. The maximum Gasteiger partial charge on any atom is 0.234 e. The lowest BCUT2D eigenvalue weighted by molar-refractivity contribution is -0.113. The Balaban J connectivity index is 1.61. The van der Waals surface area contributed by atoms with Crippen LogP contribution in [0.5, 0.6) is 0 Å². The fraction of sp³-hybridized carbons (Fsp3) is 0.263. The molecule has 6 nitrogen and oxygen atoms in total. The van der Waals surface area contributed by atoms with Crippen LogP contribution in [0.4, 0.5) is 10.1 Å². The van der Waals surface area contributed by atoms with E-state index in [-0.39, 0.29) is 17.3 Å². The number of para-hydroxylation sites is 1. The molecule has 1 heterocycles. The number of nitrogens with one attached hydrogen (secondary N) is 1. The fourth-order valence-electron chi connectivity index (χ4n) is 2.49. The molecule has 0 aliphatic heterocycles. The molecule has 0 fully saturated rings. The number of carbonyl (C=O) groups is 1. The number of anilines is 1. The lowest BCUT2D eigenvalue weighted by Gasteiger charge is -2.07. The molecule has 0 atom stereocenters. The third-order valence-electron chi connectivity index (χ3n) is 3.92. The van der Waals surface area contributed by atoms with E-state index in [0.717, 1.165) is 24.9 Å². The van der Waals surface area contributed by atoms with Gasteiger partial charge in [-0.15, -0.1) is 5.10 Å². The molecule has 1 N–H and O–H groups in total. The van der Waals surface area contributed by atoms with Gasteiger partial charge in [-0.25, -0.2) is 4.39 Å². The maximum absolute atomic E-state index is 13.6. The molecule has 2 aromatic carbocycles. The van der Waals surface area contributed by atoms with Gasteiger partial charge in [0.2, 0.25) is 11.1 Å². The highest BCUT2D eigenvalue weighted by atomic mass is 32.2. The molecule has 1 aromatic heterocycles. The van der Waals surface area contributed by atoms with E-state index in [9.17, 15) is 9.18 Å². The summed E-state index contributed by atoms with van der Waals surface area (Å²) in [6, 6.07) is 14.1. The molecule has 0 radical (unpaired) electrons. The van der Waals surface area contributed by atoms with E-state index in [1.54, 1.807) is 16.8 Å². The van der Waals surface area contributed by atoms with Crippen molar-refractivity contribution in [1.82, 2.24) is 20.2 Å². The summed E-state index contributed by atoms with van der Waals surface area (Å²) in [5.74, 6) is -0.720. The maximum atomic E-state index is 13.6. The van der Waals surface area contributed by atoms with Gasteiger partial charge < -0.3 is 5.32 Å². The Kier molecular flexibility index (Phi) is 6.54. The van der Waals surface area contributed by atoms with Crippen LogP contribution in [-0.4, -0.2) is 31.9 Å². The lowest BCUT2D eigenvalue weighted by Crippen LogP contribution is -2.15. The SMILES string of the molecule is CCCCc1ccc(-n2nnnc2SCC(=O)Nc2ccccc2F)cc1. The summed E-state index contributed by atoms with van der Waals surface area (Å²) in [7, 11) is 0. The molecule has 0 saturated heterocycles. The molecule has 140 valence electrons. The first-order valence-electron chi connectivity index (χ1n) is 8.72.